The molecule has 0 bridgehead atoms. The first kappa shape index (κ1) is 13.0. The van der Waals surface area contributed by atoms with E-state index in [0.29, 0.717) is 0 Å². The predicted octanol–water partition coefficient (Wildman–Crippen LogP) is 3.06. The summed E-state index contributed by atoms with van der Waals surface area (Å²) in [4.78, 5) is 0. The van der Waals surface area contributed by atoms with Crippen LogP contribution in [0.1, 0.15) is 5.56 Å². The Morgan fingerprint density at radius 2 is 1.76 bits per heavy atom. The maximum atomic E-state index is 11.9. The van der Waals surface area contributed by atoms with Crippen LogP contribution in [0.3, 0.4) is 0 Å². The molecule has 1 aromatic carbocycles. The third kappa shape index (κ3) is 3.79. The monoisotopic (exact) mass is 253 g/mol. The van der Waals surface area contributed by atoms with Gasteiger partial charge in [0.2, 0.25) is 0 Å². The Labute approximate surface area is 92.0 Å². The van der Waals surface area contributed by atoms with Crippen LogP contribution in [0.2, 0.25) is 0 Å². The van der Waals surface area contributed by atoms with Gasteiger partial charge in [-0.3, -0.25) is 0 Å². The Kier molecular flexibility index (Phi) is 3.73. The van der Waals surface area contributed by atoms with Crippen molar-refractivity contribution in [3.8, 4) is 17.6 Å². The smallest absolute Gasteiger partial charge is 0.433 e. The Bertz CT molecular complexity index is 438. The first-order valence-electron chi connectivity index (χ1n) is 4.07. The highest BCUT2D eigenvalue weighted by Crippen LogP contribution is 2.32. The highest BCUT2D eigenvalue weighted by molar-refractivity contribution is 5.52. The minimum atomic E-state index is -5.02. The summed E-state index contributed by atoms with van der Waals surface area (Å²) >= 11 is 0. The van der Waals surface area contributed by atoms with Crippen LogP contribution in [-0.2, 0) is 0 Å². The zero-order valence-corrected chi connectivity index (χ0v) is 7.96. The van der Waals surface area contributed by atoms with Gasteiger partial charge in [-0.15, -0.1) is 13.2 Å². The first-order valence-corrected chi connectivity index (χ1v) is 4.07. The fraction of sp³-hybridized carbons (Fsp3) is 0.222. The minimum absolute atomic E-state index is 0.677. The van der Waals surface area contributed by atoms with E-state index in [4.69, 9.17) is 5.26 Å². The quantitative estimate of drug-likeness (QED) is 0.777. The molecule has 0 amide bonds. The molecule has 0 aliphatic heterocycles. The SMILES string of the molecule is N#Cc1c(OC(F)F)cccc1OC(F)(F)F. The number of benzene rings is 1. The minimum Gasteiger partial charge on any atom is -0.433 e. The van der Waals surface area contributed by atoms with Gasteiger partial charge in [-0.25, -0.2) is 0 Å². The molecule has 0 saturated heterocycles. The van der Waals surface area contributed by atoms with Crippen molar-refractivity contribution in [3.63, 3.8) is 0 Å². The van der Waals surface area contributed by atoms with Crippen LogP contribution in [0.15, 0.2) is 18.2 Å². The lowest BCUT2D eigenvalue weighted by Gasteiger charge is -2.12. The number of hydrogen-bond acceptors (Lipinski definition) is 3. The molecule has 0 radical (unpaired) electrons. The number of halogens is 5. The van der Waals surface area contributed by atoms with Gasteiger partial charge in [-0.2, -0.15) is 14.0 Å². The average molecular weight is 253 g/mol. The number of ether oxygens (including phenoxy) is 2. The average Bonchev–Trinajstić information content (AvgIpc) is 2.14. The van der Waals surface area contributed by atoms with E-state index in [-0.39, 0.29) is 0 Å². The Morgan fingerprint density at radius 3 is 2.24 bits per heavy atom. The summed E-state index contributed by atoms with van der Waals surface area (Å²) in [6.07, 6.45) is -5.02. The maximum absolute atomic E-state index is 11.9. The molecule has 0 unspecified atom stereocenters. The van der Waals surface area contributed by atoms with Crippen molar-refractivity contribution in [1.29, 1.82) is 5.26 Å². The highest BCUT2D eigenvalue weighted by Gasteiger charge is 2.33. The van der Waals surface area contributed by atoms with Crippen molar-refractivity contribution in [3.05, 3.63) is 23.8 Å². The Hall–Kier alpha value is -2.04. The molecule has 92 valence electrons. The molecule has 0 spiro atoms. The molecular weight excluding hydrogens is 249 g/mol. The Balaban J connectivity index is 3.11. The third-order valence-corrected chi connectivity index (χ3v) is 1.54. The second-order valence-corrected chi connectivity index (χ2v) is 2.67. The van der Waals surface area contributed by atoms with Gasteiger partial charge in [0.05, 0.1) is 0 Å². The normalized spacial score (nSPS) is 11.1. The molecule has 0 aliphatic carbocycles. The molecular formula is C9H4F5NO2. The summed E-state index contributed by atoms with van der Waals surface area (Å²) in [5, 5.41) is 8.59. The van der Waals surface area contributed by atoms with Gasteiger partial charge in [-0.05, 0) is 12.1 Å². The summed E-state index contributed by atoms with van der Waals surface area (Å²) in [7, 11) is 0. The number of nitriles is 1. The van der Waals surface area contributed by atoms with E-state index in [0.717, 1.165) is 18.2 Å². The number of hydrogen-bond donors (Lipinski definition) is 0. The van der Waals surface area contributed by atoms with Crippen LogP contribution in [0.5, 0.6) is 11.5 Å². The van der Waals surface area contributed by atoms with Gasteiger partial charge in [-0.1, -0.05) is 6.07 Å². The second-order valence-electron chi connectivity index (χ2n) is 2.67. The van der Waals surface area contributed by atoms with Crippen LogP contribution >= 0.6 is 0 Å². The van der Waals surface area contributed by atoms with Crippen molar-refractivity contribution in [1.82, 2.24) is 0 Å². The van der Waals surface area contributed by atoms with E-state index in [1.54, 1.807) is 0 Å². The molecule has 1 aromatic rings. The van der Waals surface area contributed by atoms with Crippen molar-refractivity contribution >= 4 is 0 Å². The van der Waals surface area contributed by atoms with Crippen LogP contribution in [0.25, 0.3) is 0 Å². The molecule has 17 heavy (non-hydrogen) atoms. The largest absolute Gasteiger partial charge is 0.573 e. The highest BCUT2D eigenvalue weighted by atomic mass is 19.4. The van der Waals surface area contributed by atoms with Crippen LogP contribution in [0.4, 0.5) is 22.0 Å². The first-order chi connectivity index (χ1) is 7.83. The van der Waals surface area contributed by atoms with E-state index in [9.17, 15) is 22.0 Å². The molecule has 0 saturated carbocycles. The molecule has 0 heterocycles. The van der Waals surface area contributed by atoms with Crippen molar-refractivity contribution in [2.75, 3.05) is 0 Å². The summed E-state index contributed by atoms with van der Waals surface area (Å²) < 4.78 is 67.0. The van der Waals surface area contributed by atoms with Gasteiger partial charge in [0.25, 0.3) is 0 Å². The maximum Gasteiger partial charge on any atom is 0.573 e. The fourth-order valence-electron chi connectivity index (χ4n) is 1.03. The molecule has 0 N–H and O–H groups in total. The lowest BCUT2D eigenvalue weighted by molar-refractivity contribution is -0.274. The van der Waals surface area contributed by atoms with Gasteiger partial charge >= 0.3 is 13.0 Å². The molecule has 1 rings (SSSR count). The van der Waals surface area contributed by atoms with Crippen LogP contribution < -0.4 is 9.47 Å². The predicted molar refractivity (Wildman–Crippen MR) is 44.5 cm³/mol. The number of rotatable bonds is 3. The Morgan fingerprint density at radius 1 is 1.18 bits per heavy atom. The van der Waals surface area contributed by atoms with Crippen LogP contribution in [0, 0.1) is 11.3 Å². The summed E-state index contributed by atoms with van der Waals surface area (Å²) in [6.45, 7) is -3.25. The molecule has 0 aliphatic rings. The summed E-state index contributed by atoms with van der Waals surface area (Å²) in [5.74, 6) is -1.57. The number of alkyl halides is 5. The molecule has 8 heteroatoms. The molecule has 0 aromatic heterocycles. The van der Waals surface area contributed by atoms with Gasteiger partial charge in [0.1, 0.15) is 17.4 Å². The fourth-order valence-corrected chi connectivity index (χ4v) is 1.03. The molecule has 0 fully saturated rings. The van der Waals surface area contributed by atoms with Crippen LogP contribution in [-0.4, -0.2) is 13.0 Å². The molecule has 0 atom stereocenters. The summed E-state index contributed by atoms with van der Waals surface area (Å²) in [5.41, 5.74) is -0.745. The standard InChI is InChI=1S/C9H4F5NO2/c10-8(11)16-6-2-1-3-7(5(6)4-15)17-9(12,13)14/h1-3,8H. The summed E-state index contributed by atoms with van der Waals surface area (Å²) in [6, 6.07) is 4.07. The van der Waals surface area contributed by atoms with E-state index in [1.807, 2.05) is 0 Å². The van der Waals surface area contributed by atoms with Crippen molar-refractivity contribution in [2.24, 2.45) is 0 Å². The lowest BCUT2D eigenvalue weighted by Crippen LogP contribution is -2.18. The van der Waals surface area contributed by atoms with E-state index in [2.05, 4.69) is 9.47 Å². The third-order valence-electron chi connectivity index (χ3n) is 1.54. The van der Waals surface area contributed by atoms with Crippen molar-refractivity contribution in [2.45, 2.75) is 13.0 Å². The number of nitrogens with zero attached hydrogens (tertiary/aromatic N) is 1. The van der Waals surface area contributed by atoms with Crippen molar-refractivity contribution < 1.29 is 31.4 Å². The van der Waals surface area contributed by atoms with E-state index >= 15 is 0 Å². The zero-order valence-electron chi connectivity index (χ0n) is 7.96. The van der Waals surface area contributed by atoms with Gasteiger partial charge in [0.15, 0.2) is 5.75 Å². The van der Waals surface area contributed by atoms with E-state index < -0.39 is 30.0 Å². The van der Waals surface area contributed by atoms with E-state index in [1.165, 1.54) is 6.07 Å². The van der Waals surface area contributed by atoms with Gasteiger partial charge < -0.3 is 9.47 Å². The topological polar surface area (TPSA) is 42.2 Å². The van der Waals surface area contributed by atoms with Gasteiger partial charge in [0, 0.05) is 0 Å². The second kappa shape index (κ2) is 4.86. The lowest BCUT2D eigenvalue weighted by atomic mass is 10.2. The zero-order chi connectivity index (χ0) is 13.1. The molecule has 3 nitrogen and oxygen atoms in total.